The highest BCUT2D eigenvalue weighted by molar-refractivity contribution is 5.77. The van der Waals surface area contributed by atoms with E-state index in [0.29, 0.717) is 35.7 Å². The molecule has 0 amide bonds. The Hall–Kier alpha value is -3.60. The van der Waals surface area contributed by atoms with E-state index in [1.165, 1.54) is 22.8 Å². The predicted octanol–water partition coefficient (Wildman–Crippen LogP) is 4.62. The van der Waals surface area contributed by atoms with E-state index < -0.39 is 6.17 Å². The van der Waals surface area contributed by atoms with Crippen molar-refractivity contribution in [3.63, 3.8) is 0 Å². The lowest BCUT2D eigenvalue weighted by molar-refractivity contribution is 0.138. The summed E-state index contributed by atoms with van der Waals surface area (Å²) in [6.07, 6.45) is 3.18. The Labute approximate surface area is 158 Å². The van der Waals surface area contributed by atoms with Crippen LogP contribution in [0.15, 0.2) is 48.9 Å². The number of benzene rings is 1. The zero-order valence-electron chi connectivity index (χ0n) is 14.6. The predicted molar refractivity (Wildman–Crippen MR) is 99.0 cm³/mol. The number of halogens is 2. The molecule has 138 valence electrons. The van der Waals surface area contributed by atoms with Gasteiger partial charge in [-0.1, -0.05) is 11.7 Å². The fourth-order valence-electron chi connectivity index (χ4n) is 3.52. The van der Waals surface area contributed by atoms with E-state index in [1.807, 2.05) is 10.6 Å². The lowest BCUT2D eigenvalue weighted by Gasteiger charge is -2.31. The quantitative estimate of drug-likeness (QED) is 0.490. The third-order valence-corrected chi connectivity index (χ3v) is 5.06. The Kier molecular flexibility index (Phi) is 3.69. The maximum Gasteiger partial charge on any atom is 0.275 e. The molecule has 6 nitrogen and oxygen atoms in total. The van der Waals surface area contributed by atoms with Gasteiger partial charge in [-0.25, -0.2) is 18.7 Å². The minimum absolute atomic E-state index is 0.00712. The van der Waals surface area contributed by atoms with E-state index in [4.69, 9.17) is 6.57 Å². The van der Waals surface area contributed by atoms with Gasteiger partial charge in [-0.2, -0.15) is 0 Å². The van der Waals surface area contributed by atoms with Gasteiger partial charge in [0.05, 0.1) is 23.9 Å². The highest BCUT2D eigenvalue weighted by Crippen LogP contribution is 2.40. The van der Waals surface area contributed by atoms with E-state index in [-0.39, 0.29) is 11.9 Å². The molecule has 3 aromatic heterocycles. The highest BCUT2D eigenvalue weighted by atomic mass is 19.1. The molecule has 8 heteroatoms. The minimum atomic E-state index is -0.813. The van der Waals surface area contributed by atoms with E-state index in [0.717, 1.165) is 11.3 Å². The molecule has 5 rings (SSSR count). The molecule has 28 heavy (non-hydrogen) atoms. The number of rotatable bonds is 3. The summed E-state index contributed by atoms with van der Waals surface area (Å²) in [4.78, 5) is 12.1. The molecule has 1 aliphatic rings. The van der Waals surface area contributed by atoms with Crippen LogP contribution in [-0.4, -0.2) is 30.3 Å². The Balaban J connectivity index is 1.71. The molecule has 0 spiro atoms. The largest absolute Gasteiger partial charge is 0.360 e. The second-order valence-corrected chi connectivity index (χ2v) is 6.80. The van der Waals surface area contributed by atoms with Gasteiger partial charge in [0.1, 0.15) is 17.7 Å². The summed E-state index contributed by atoms with van der Waals surface area (Å²) in [6.45, 7) is 7.29. The van der Waals surface area contributed by atoms with Crippen molar-refractivity contribution in [3.05, 3.63) is 66.2 Å². The summed E-state index contributed by atoms with van der Waals surface area (Å²) < 4.78 is 30.3. The van der Waals surface area contributed by atoms with Gasteiger partial charge in [-0.15, -0.1) is 4.52 Å². The SMILES string of the molecule is [C-]#[N+]c1cnc2ccc(-c3c(-c4ccc(F)cc4)ncn3C3CC(F)C3)nn12. The summed E-state index contributed by atoms with van der Waals surface area (Å²) in [5.74, 6) is -0.0256. The van der Waals surface area contributed by atoms with Crippen LogP contribution in [0, 0.1) is 12.4 Å². The monoisotopic (exact) mass is 376 g/mol. The fraction of sp³-hybridized carbons (Fsp3) is 0.200. The molecule has 0 atom stereocenters. The first-order valence-corrected chi connectivity index (χ1v) is 8.83. The van der Waals surface area contributed by atoms with Crippen LogP contribution in [0.1, 0.15) is 18.9 Å². The first-order chi connectivity index (χ1) is 13.6. The molecule has 0 N–H and O–H groups in total. The second-order valence-electron chi connectivity index (χ2n) is 6.80. The highest BCUT2D eigenvalue weighted by Gasteiger charge is 2.33. The van der Waals surface area contributed by atoms with Crippen LogP contribution in [0.2, 0.25) is 0 Å². The summed E-state index contributed by atoms with van der Waals surface area (Å²) in [5, 5.41) is 4.58. The second kappa shape index (κ2) is 6.23. The molecule has 4 aromatic rings. The average Bonchev–Trinajstić information content (AvgIpc) is 3.29. The van der Waals surface area contributed by atoms with Crippen LogP contribution in [0.25, 0.3) is 33.1 Å². The minimum Gasteiger partial charge on any atom is -0.360 e. The summed E-state index contributed by atoms with van der Waals surface area (Å²) >= 11 is 0. The third-order valence-electron chi connectivity index (χ3n) is 5.06. The molecule has 1 aliphatic carbocycles. The van der Waals surface area contributed by atoms with Crippen molar-refractivity contribution in [1.29, 1.82) is 0 Å². The van der Waals surface area contributed by atoms with Crippen LogP contribution in [0.5, 0.6) is 0 Å². The zero-order valence-corrected chi connectivity index (χ0v) is 14.6. The molecule has 0 aliphatic heterocycles. The molecule has 0 bridgehead atoms. The Morgan fingerprint density at radius 1 is 1.07 bits per heavy atom. The van der Waals surface area contributed by atoms with Crippen molar-refractivity contribution in [2.45, 2.75) is 25.1 Å². The van der Waals surface area contributed by atoms with Crippen LogP contribution in [0.3, 0.4) is 0 Å². The van der Waals surface area contributed by atoms with Crippen molar-refractivity contribution >= 4 is 11.5 Å². The topological polar surface area (TPSA) is 52.4 Å². The maximum atomic E-state index is 13.5. The Bertz CT molecular complexity index is 1210. The molecular weight excluding hydrogens is 362 g/mol. The smallest absolute Gasteiger partial charge is 0.275 e. The summed E-state index contributed by atoms with van der Waals surface area (Å²) in [6, 6.07) is 9.65. The van der Waals surface area contributed by atoms with Crippen molar-refractivity contribution in [2.24, 2.45) is 0 Å². The molecule has 1 fully saturated rings. The average molecular weight is 376 g/mol. The molecule has 0 saturated heterocycles. The van der Waals surface area contributed by atoms with Crippen molar-refractivity contribution in [2.75, 3.05) is 0 Å². The lowest BCUT2D eigenvalue weighted by Crippen LogP contribution is -2.28. The normalized spacial score (nSPS) is 18.8. The number of alkyl halides is 1. The summed E-state index contributed by atoms with van der Waals surface area (Å²) in [5.41, 5.74) is 3.25. The van der Waals surface area contributed by atoms with Gasteiger partial charge in [-0.05, 0) is 43.2 Å². The summed E-state index contributed by atoms with van der Waals surface area (Å²) in [7, 11) is 0. The number of hydrogen-bond acceptors (Lipinski definition) is 3. The van der Waals surface area contributed by atoms with Gasteiger partial charge in [0, 0.05) is 17.7 Å². The Morgan fingerprint density at radius 3 is 2.57 bits per heavy atom. The van der Waals surface area contributed by atoms with Crippen molar-refractivity contribution < 1.29 is 8.78 Å². The van der Waals surface area contributed by atoms with Crippen LogP contribution < -0.4 is 0 Å². The Morgan fingerprint density at radius 2 is 1.86 bits per heavy atom. The van der Waals surface area contributed by atoms with Gasteiger partial charge in [0.15, 0.2) is 0 Å². The number of fused-ring (bicyclic) bond motifs is 1. The number of nitrogens with zero attached hydrogens (tertiary/aromatic N) is 6. The first-order valence-electron chi connectivity index (χ1n) is 8.83. The third kappa shape index (κ3) is 2.55. The lowest BCUT2D eigenvalue weighted by atomic mass is 9.90. The molecule has 3 heterocycles. The number of hydrogen-bond donors (Lipinski definition) is 0. The van der Waals surface area contributed by atoms with E-state index in [2.05, 4.69) is 19.9 Å². The standard InChI is InChI=1S/C20H14F2N6/c1-23-18-10-24-17-7-6-16(26-28(17)18)20-19(12-2-4-13(21)5-3-12)25-11-27(20)15-8-14(22)9-15/h2-7,10-11,14-15H,8-9H2. The van der Waals surface area contributed by atoms with Gasteiger partial charge in [0.2, 0.25) is 5.65 Å². The maximum absolute atomic E-state index is 13.5. The van der Waals surface area contributed by atoms with Crippen LogP contribution in [0.4, 0.5) is 14.6 Å². The number of aromatic nitrogens is 5. The fourth-order valence-corrected chi connectivity index (χ4v) is 3.52. The van der Waals surface area contributed by atoms with E-state index in [1.54, 1.807) is 24.5 Å². The molecule has 1 saturated carbocycles. The molecular formula is C20H14F2N6. The molecule has 1 aromatic carbocycles. The van der Waals surface area contributed by atoms with Crippen molar-refractivity contribution in [1.82, 2.24) is 24.1 Å². The van der Waals surface area contributed by atoms with Gasteiger partial charge < -0.3 is 9.41 Å². The number of imidazole rings is 2. The van der Waals surface area contributed by atoms with Crippen LogP contribution in [-0.2, 0) is 0 Å². The molecule has 0 unspecified atom stereocenters. The van der Waals surface area contributed by atoms with Gasteiger partial charge in [-0.3, -0.25) is 0 Å². The zero-order chi connectivity index (χ0) is 19.3. The van der Waals surface area contributed by atoms with E-state index in [9.17, 15) is 8.78 Å². The van der Waals surface area contributed by atoms with Gasteiger partial charge >= 0.3 is 0 Å². The molecule has 0 radical (unpaired) electrons. The van der Waals surface area contributed by atoms with E-state index >= 15 is 0 Å². The van der Waals surface area contributed by atoms with Crippen LogP contribution >= 0.6 is 0 Å². The van der Waals surface area contributed by atoms with Gasteiger partial charge in [0.25, 0.3) is 5.82 Å². The van der Waals surface area contributed by atoms with Crippen molar-refractivity contribution in [3.8, 4) is 22.6 Å². The first kappa shape index (κ1) is 16.6.